The maximum atomic E-state index is 10.9. The van der Waals surface area contributed by atoms with Crippen molar-refractivity contribution in [2.75, 3.05) is 0 Å². The van der Waals surface area contributed by atoms with Gasteiger partial charge in [0.15, 0.2) is 5.82 Å². The SMILES string of the molecule is CCC(CC(=O)O)n1nnnc1CCc1ccncc1. The Morgan fingerprint density at radius 3 is 2.75 bits per heavy atom. The van der Waals surface area contributed by atoms with Crippen molar-refractivity contribution in [1.82, 2.24) is 25.2 Å². The third-order valence-corrected chi connectivity index (χ3v) is 3.17. The van der Waals surface area contributed by atoms with E-state index >= 15 is 0 Å². The van der Waals surface area contributed by atoms with Gasteiger partial charge in [0, 0.05) is 18.8 Å². The Labute approximate surface area is 116 Å². The molecule has 20 heavy (non-hydrogen) atoms. The van der Waals surface area contributed by atoms with Crippen LogP contribution in [0.2, 0.25) is 0 Å². The molecule has 1 N–H and O–H groups in total. The maximum Gasteiger partial charge on any atom is 0.305 e. The lowest BCUT2D eigenvalue weighted by Crippen LogP contribution is -2.17. The molecule has 2 heterocycles. The Morgan fingerprint density at radius 2 is 2.10 bits per heavy atom. The van der Waals surface area contributed by atoms with E-state index in [9.17, 15) is 4.79 Å². The fourth-order valence-electron chi connectivity index (χ4n) is 2.07. The van der Waals surface area contributed by atoms with E-state index in [0.29, 0.717) is 12.8 Å². The number of tetrazole rings is 1. The van der Waals surface area contributed by atoms with Crippen LogP contribution >= 0.6 is 0 Å². The number of hydrogen-bond acceptors (Lipinski definition) is 5. The van der Waals surface area contributed by atoms with E-state index in [-0.39, 0.29) is 12.5 Å². The number of pyridine rings is 1. The Kier molecular flexibility index (Phi) is 4.75. The van der Waals surface area contributed by atoms with Gasteiger partial charge in [0.2, 0.25) is 0 Å². The van der Waals surface area contributed by atoms with Gasteiger partial charge in [-0.2, -0.15) is 0 Å². The van der Waals surface area contributed by atoms with Gasteiger partial charge >= 0.3 is 5.97 Å². The summed E-state index contributed by atoms with van der Waals surface area (Å²) in [5.41, 5.74) is 1.15. The number of carbonyl (C=O) groups is 1. The number of rotatable bonds is 7. The van der Waals surface area contributed by atoms with Crippen LogP contribution < -0.4 is 0 Å². The summed E-state index contributed by atoms with van der Waals surface area (Å²) in [5.74, 6) is -0.123. The number of hydrogen-bond donors (Lipinski definition) is 1. The fraction of sp³-hybridized carbons (Fsp3) is 0.462. The highest BCUT2D eigenvalue weighted by molar-refractivity contribution is 5.67. The average molecular weight is 275 g/mol. The molecule has 1 atom stereocenters. The molecule has 1 unspecified atom stereocenters. The van der Waals surface area contributed by atoms with Crippen LogP contribution in [-0.4, -0.2) is 36.3 Å². The van der Waals surface area contributed by atoms with Gasteiger partial charge in [-0.15, -0.1) is 5.10 Å². The molecule has 106 valence electrons. The molecule has 0 aromatic carbocycles. The van der Waals surface area contributed by atoms with Crippen LogP contribution in [-0.2, 0) is 17.6 Å². The molecule has 7 nitrogen and oxygen atoms in total. The number of aromatic nitrogens is 5. The van der Waals surface area contributed by atoms with E-state index in [1.54, 1.807) is 17.1 Å². The van der Waals surface area contributed by atoms with E-state index < -0.39 is 5.97 Å². The van der Waals surface area contributed by atoms with Crippen LogP contribution in [0.4, 0.5) is 0 Å². The van der Waals surface area contributed by atoms with E-state index in [1.807, 2.05) is 19.1 Å². The van der Waals surface area contributed by atoms with Crippen LogP contribution in [0.3, 0.4) is 0 Å². The van der Waals surface area contributed by atoms with Gasteiger partial charge in [0.1, 0.15) is 0 Å². The van der Waals surface area contributed by atoms with Crippen molar-refractivity contribution >= 4 is 5.97 Å². The molecule has 0 saturated heterocycles. The topological polar surface area (TPSA) is 93.8 Å². The van der Waals surface area contributed by atoms with Crippen molar-refractivity contribution in [2.45, 2.75) is 38.6 Å². The summed E-state index contributed by atoms with van der Waals surface area (Å²) in [5, 5.41) is 20.5. The van der Waals surface area contributed by atoms with Crippen LogP contribution in [0.5, 0.6) is 0 Å². The lowest BCUT2D eigenvalue weighted by atomic mass is 10.1. The second-order valence-electron chi connectivity index (χ2n) is 4.56. The molecule has 0 aliphatic heterocycles. The molecule has 2 rings (SSSR count). The predicted molar refractivity (Wildman–Crippen MR) is 71.0 cm³/mol. The summed E-state index contributed by atoms with van der Waals surface area (Å²) in [4.78, 5) is 14.8. The van der Waals surface area contributed by atoms with E-state index in [4.69, 9.17) is 5.11 Å². The number of aryl methyl sites for hydroxylation is 2. The first kappa shape index (κ1) is 14.1. The van der Waals surface area contributed by atoms with Crippen molar-refractivity contribution in [3.8, 4) is 0 Å². The molecular weight excluding hydrogens is 258 g/mol. The third-order valence-electron chi connectivity index (χ3n) is 3.17. The fourth-order valence-corrected chi connectivity index (χ4v) is 2.07. The van der Waals surface area contributed by atoms with Gasteiger partial charge in [0.25, 0.3) is 0 Å². The highest BCUT2D eigenvalue weighted by Crippen LogP contribution is 2.16. The average Bonchev–Trinajstić information content (AvgIpc) is 2.91. The van der Waals surface area contributed by atoms with Gasteiger partial charge in [-0.25, -0.2) is 4.68 Å². The largest absolute Gasteiger partial charge is 0.481 e. The van der Waals surface area contributed by atoms with E-state index in [2.05, 4.69) is 20.5 Å². The first-order valence-electron chi connectivity index (χ1n) is 6.58. The summed E-state index contributed by atoms with van der Waals surface area (Å²) < 4.78 is 1.63. The van der Waals surface area contributed by atoms with E-state index in [1.165, 1.54) is 0 Å². The lowest BCUT2D eigenvalue weighted by Gasteiger charge is -2.14. The van der Waals surface area contributed by atoms with Crippen LogP contribution in [0.1, 0.15) is 37.2 Å². The molecule has 7 heteroatoms. The van der Waals surface area contributed by atoms with Crippen LogP contribution in [0.25, 0.3) is 0 Å². The Balaban J connectivity index is 2.06. The molecule has 0 bridgehead atoms. The van der Waals surface area contributed by atoms with Crippen molar-refractivity contribution in [3.63, 3.8) is 0 Å². The molecule has 0 fully saturated rings. The van der Waals surface area contributed by atoms with Gasteiger partial charge in [-0.3, -0.25) is 9.78 Å². The lowest BCUT2D eigenvalue weighted by molar-refractivity contribution is -0.138. The molecule has 2 aromatic rings. The van der Waals surface area contributed by atoms with Gasteiger partial charge in [-0.1, -0.05) is 6.92 Å². The molecular formula is C13H17N5O2. The summed E-state index contributed by atoms with van der Waals surface area (Å²) in [6, 6.07) is 3.70. The molecule has 0 aliphatic carbocycles. The van der Waals surface area contributed by atoms with Crippen molar-refractivity contribution in [1.29, 1.82) is 0 Å². The van der Waals surface area contributed by atoms with E-state index in [0.717, 1.165) is 17.8 Å². The highest BCUT2D eigenvalue weighted by atomic mass is 16.4. The number of carboxylic acid groups (broad SMARTS) is 1. The number of aliphatic carboxylic acids is 1. The first-order chi connectivity index (χ1) is 9.70. The minimum atomic E-state index is -0.840. The van der Waals surface area contributed by atoms with Crippen LogP contribution in [0.15, 0.2) is 24.5 Å². The number of carboxylic acids is 1. The third kappa shape index (κ3) is 3.59. The first-order valence-corrected chi connectivity index (χ1v) is 6.58. The monoisotopic (exact) mass is 275 g/mol. The standard InChI is InChI=1S/C13H17N5O2/c1-2-11(9-13(19)20)18-12(15-16-17-18)4-3-10-5-7-14-8-6-10/h5-8,11H,2-4,9H2,1H3,(H,19,20). The summed E-state index contributed by atoms with van der Waals surface area (Å²) in [7, 11) is 0. The molecule has 0 radical (unpaired) electrons. The smallest absolute Gasteiger partial charge is 0.305 e. The zero-order valence-corrected chi connectivity index (χ0v) is 11.3. The predicted octanol–water partition coefficient (Wildman–Crippen LogP) is 1.28. The Bertz CT molecular complexity index is 555. The number of nitrogens with zero attached hydrogens (tertiary/aromatic N) is 5. The van der Waals surface area contributed by atoms with Gasteiger partial charge < -0.3 is 5.11 Å². The maximum absolute atomic E-state index is 10.9. The minimum Gasteiger partial charge on any atom is -0.481 e. The molecule has 0 aliphatic rings. The molecule has 0 amide bonds. The second-order valence-corrected chi connectivity index (χ2v) is 4.56. The van der Waals surface area contributed by atoms with Crippen molar-refractivity contribution in [3.05, 3.63) is 35.9 Å². The second kappa shape index (κ2) is 6.74. The zero-order chi connectivity index (χ0) is 14.4. The quantitative estimate of drug-likeness (QED) is 0.818. The van der Waals surface area contributed by atoms with Crippen LogP contribution in [0, 0.1) is 0 Å². The van der Waals surface area contributed by atoms with Gasteiger partial charge in [-0.05, 0) is 41.0 Å². The van der Waals surface area contributed by atoms with Gasteiger partial charge in [0.05, 0.1) is 12.5 Å². The minimum absolute atomic E-state index is 0.0315. The molecule has 2 aromatic heterocycles. The highest BCUT2D eigenvalue weighted by Gasteiger charge is 2.18. The van der Waals surface area contributed by atoms with Crippen molar-refractivity contribution in [2.24, 2.45) is 0 Å². The van der Waals surface area contributed by atoms with Crippen molar-refractivity contribution < 1.29 is 9.90 Å². The normalized spacial score (nSPS) is 12.2. The molecule has 0 spiro atoms. The summed E-state index contributed by atoms with van der Waals surface area (Å²) in [6.45, 7) is 1.93. The zero-order valence-electron chi connectivity index (χ0n) is 11.3. The molecule has 0 saturated carbocycles. The Morgan fingerprint density at radius 1 is 1.35 bits per heavy atom. The summed E-state index contributed by atoms with van der Waals surface area (Å²) in [6.07, 6.45) is 5.68. The Hall–Kier alpha value is -2.31. The summed E-state index contributed by atoms with van der Waals surface area (Å²) >= 11 is 0.